The standard InChI is InChI=1S/C17H27N3O/c1-6-15-17(21)20(13(3)11-19(4)5)16(18-15)14-10-8-7-9-12(14)2/h7-10,13,15-16,18H,6,11H2,1-5H3. The Morgan fingerprint density at radius 2 is 2.00 bits per heavy atom. The molecule has 4 heteroatoms. The summed E-state index contributed by atoms with van der Waals surface area (Å²) in [5.41, 5.74) is 2.43. The number of nitrogens with one attached hydrogen (secondary N) is 1. The number of carbonyl (C=O) groups excluding carboxylic acids is 1. The van der Waals surface area contributed by atoms with E-state index in [1.807, 2.05) is 31.1 Å². The Kier molecular flexibility index (Phi) is 5.01. The zero-order chi connectivity index (χ0) is 15.6. The SMILES string of the molecule is CCC1NC(c2ccccc2C)N(C(C)CN(C)C)C1=O. The average molecular weight is 289 g/mol. The van der Waals surface area contributed by atoms with Gasteiger partial charge in [0.1, 0.15) is 6.17 Å². The topological polar surface area (TPSA) is 35.6 Å². The average Bonchev–Trinajstić information content (AvgIpc) is 2.75. The highest BCUT2D eigenvalue weighted by atomic mass is 16.2. The van der Waals surface area contributed by atoms with Gasteiger partial charge in [-0.05, 0) is 45.5 Å². The molecular weight excluding hydrogens is 262 g/mol. The van der Waals surface area contributed by atoms with Crippen molar-refractivity contribution in [3.8, 4) is 0 Å². The molecule has 0 spiro atoms. The van der Waals surface area contributed by atoms with E-state index in [9.17, 15) is 4.79 Å². The lowest BCUT2D eigenvalue weighted by molar-refractivity contribution is -0.132. The van der Waals surface area contributed by atoms with Crippen LogP contribution in [0.5, 0.6) is 0 Å². The maximum Gasteiger partial charge on any atom is 0.241 e. The molecule has 1 N–H and O–H groups in total. The second kappa shape index (κ2) is 6.58. The third-order valence-corrected chi connectivity index (χ3v) is 4.19. The number of aryl methyl sites for hydroxylation is 1. The largest absolute Gasteiger partial charge is 0.318 e. The summed E-state index contributed by atoms with van der Waals surface area (Å²) >= 11 is 0. The zero-order valence-electron chi connectivity index (χ0n) is 13.8. The van der Waals surface area contributed by atoms with Crippen molar-refractivity contribution in [3.05, 3.63) is 35.4 Å². The first kappa shape index (κ1) is 16.0. The molecule has 1 amide bonds. The summed E-state index contributed by atoms with van der Waals surface area (Å²) in [5.74, 6) is 0.222. The molecule has 0 saturated carbocycles. The van der Waals surface area contributed by atoms with Crippen LogP contribution in [0, 0.1) is 6.92 Å². The van der Waals surface area contributed by atoms with Crippen LogP contribution in [0.2, 0.25) is 0 Å². The van der Waals surface area contributed by atoms with Crippen molar-refractivity contribution in [2.24, 2.45) is 0 Å². The molecule has 3 atom stereocenters. The Morgan fingerprint density at radius 1 is 1.33 bits per heavy atom. The predicted octanol–water partition coefficient (Wildman–Crippen LogP) is 2.15. The minimum absolute atomic E-state index is 0.0152. The number of carbonyl (C=O) groups is 1. The molecule has 1 fully saturated rings. The summed E-state index contributed by atoms with van der Waals surface area (Å²) in [6.07, 6.45) is 0.811. The molecular formula is C17H27N3O. The van der Waals surface area contributed by atoms with Crippen LogP contribution in [0.15, 0.2) is 24.3 Å². The third kappa shape index (κ3) is 3.27. The quantitative estimate of drug-likeness (QED) is 0.902. The Hall–Kier alpha value is -1.39. The first-order chi connectivity index (χ1) is 9.95. The van der Waals surface area contributed by atoms with E-state index in [1.165, 1.54) is 11.1 Å². The molecule has 1 saturated heterocycles. The Labute approximate surface area is 128 Å². The molecule has 4 nitrogen and oxygen atoms in total. The summed E-state index contributed by atoms with van der Waals surface area (Å²) < 4.78 is 0. The summed E-state index contributed by atoms with van der Waals surface area (Å²) in [4.78, 5) is 16.9. The fourth-order valence-electron chi connectivity index (χ4n) is 3.16. The van der Waals surface area contributed by atoms with Crippen molar-refractivity contribution in [2.75, 3.05) is 20.6 Å². The molecule has 0 radical (unpaired) electrons. The van der Waals surface area contributed by atoms with E-state index in [0.29, 0.717) is 0 Å². The number of nitrogens with zero attached hydrogens (tertiary/aromatic N) is 2. The number of hydrogen-bond donors (Lipinski definition) is 1. The van der Waals surface area contributed by atoms with E-state index < -0.39 is 0 Å². The predicted molar refractivity (Wildman–Crippen MR) is 86.0 cm³/mol. The maximum absolute atomic E-state index is 12.7. The minimum atomic E-state index is -0.0702. The molecule has 1 heterocycles. The van der Waals surface area contributed by atoms with Gasteiger partial charge in [-0.3, -0.25) is 10.1 Å². The van der Waals surface area contributed by atoms with Crippen molar-refractivity contribution in [1.29, 1.82) is 0 Å². The van der Waals surface area contributed by atoms with Crippen LogP contribution >= 0.6 is 0 Å². The smallest absolute Gasteiger partial charge is 0.241 e. The van der Waals surface area contributed by atoms with Gasteiger partial charge in [-0.15, -0.1) is 0 Å². The number of hydrogen-bond acceptors (Lipinski definition) is 3. The summed E-state index contributed by atoms with van der Waals surface area (Å²) in [7, 11) is 4.09. The molecule has 2 rings (SSSR count). The van der Waals surface area contributed by atoms with Gasteiger partial charge in [0, 0.05) is 12.6 Å². The molecule has 116 valence electrons. The van der Waals surface area contributed by atoms with Gasteiger partial charge in [0.05, 0.1) is 6.04 Å². The van der Waals surface area contributed by atoms with Gasteiger partial charge in [-0.25, -0.2) is 0 Å². The van der Waals surface area contributed by atoms with Gasteiger partial charge in [-0.2, -0.15) is 0 Å². The lowest BCUT2D eigenvalue weighted by atomic mass is 10.0. The molecule has 21 heavy (non-hydrogen) atoms. The van der Waals surface area contributed by atoms with E-state index >= 15 is 0 Å². The van der Waals surface area contributed by atoms with Crippen LogP contribution < -0.4 is 5.32 Å². The number of likely N-dealkylation sites (N-methyl/N-ethyl adjacent to an activating group) is 1. The van der Waals surface area contributed by atoms with E-state index in [-0.39, 0.29) is 24.2 Å². The minimum Gasteiger partial charge on any atom is -0.318 e. The van der Waals surface area contributed by atoms with Crippen LogP contribution in [0.1, 0.15) is 37.6 Å². The summed E-state index contributed by atoms with van der Waals surface area (Å²) in [6.45, 7) is 7.16. The second-order valence-electron chi connectivity index (χ2n) is 6.24. The molecule has 1 aromatic carbocycles. The molecule has 3 unspecified atom stereocenters. The van der Waals surface area contributed by atoms with Gasteiger partial charge in [0.25, 0.3) is 0 Å². The van der Waals surface area contributed by atoms with E-state index in [1.54, 1.807) is 0 Å². The van der Waals surface area contributed by atoms with Crippen LogP contribution in [0.3, 0.4) is 0 Å². The second-order valence-corrected chi connectivity index (χ2v) is 6.24. The van der Waals surface area contributed by atoms with Gasteiger partial charge < -0.3 is 9.80 Å². The summed E-state index contributed by atoms with van der Waals surface area (Å²) in [5, 5.41) is 3.51. The highest BCUT2D eigenvalue weighted by Crippen LogP contribution is 2.30. The van der Waals surface area contributed by atoms with Crippen molar-refractivity contribution < 1.29 is 4.79 Å². The Balaban J connectivity index is 2.33. The molecule has 0 bridgehead atoms. The van der Waals surface area contributed by atoms with Crippen molar-refractivity contribution in [1.82, 2.24) is 15.1 Å². The van der Waals surface area contributed by atoms with E-state index in [2.05, 4.69) is 43.1 Å². The highest BCUT2D eigenvalue weighted by Gasteiger charge is 2.41. The van der Waals surface area contributed by atoms with Crippen molar-refractivity contribution in [3.63, 3.8) is 0 Å². The normalized spacial score (nSPS) is 23.9. The zero-order valence-corrected chi connectivity index (χ0v) is 13.8. The lowest BCUT2D eigenvalue weighted by Gasteiger charge is -2.33. The van der Waals surface area contributed by atoms with Gasteiger partial charge in [-0.1, -0.05) is 31.2 Å². The highest BCUT2D eigenvalue weighted by molar-refractivity contribution is 5.85. The monoisotopic (exact) mass is 289 g/mol. The Morgan fingerprint density at radius 3 is 2.57 bits per heavy atom. The van der Waals surface area contributed by atoms with Crippen molar-refractivity contribution in [2.45, 2.75) is 45.4 Å². The van der Waals surface area contributed by atoms with Crippen LogP contribution in [-0.4, -0.2) is 48.4 Å². The fraction of sp³-hybridized carbons (Fsp3) is 0.588. The van der Waals surface area contributed by atoms with Crippen LogP contribution in [0.4, 0.5) is 0 Å². The first-order valence-electron chi connectivity index (χ1n) is 7.74. The van der Waals surface area contributed by atoms with Crippen LogP contribution in [-0.2, 0) is 4.79 Å². The van der Waals surface area contributed by atoms with Crippen LogP contribution in [0.25, 0.3) is 0 Å². The van der Waals surface area contributed by atoms with E-state index in [4.69, 9.17) is 0 Å². The molecule has 0 aliphatic carbocycles. The maximum atomic E-state index is 12.7. The number of amides is 1. The number of benzene rings is 1. The van der Waals surface area contributed by atoms with E-state index in [0.717, 1.165) is 13.0 Å². The van der Waals surface area contributed by atoms with Gasteiger partial charge >= 0.3 is 0 Å². The van der Waals surface area contributed by atoms with Crippen molar-refractivity contribution >= 4 is 5.91 Å². The molecule has 1 aliphatic heterocycles. The third-order valence-electron chi connectivity index (χ3n) is 4.19. The lowest BCUT2D eigenvalue weighted by Crippen LogP contribution is -2.43. The first-order valence-corrected chi connectivity index (χ1v) is 7.74. The molecule has 1 aliphatic rings. The Bertz CT molecular complexity index is 501. The molecule has 0 aromatic heterocycles. The van der Waals surface area contributed by atoms with Gasteiger partial charge in [0.2, 0.25) is 5.91 Å². The number of rotatable bonds is 5. The summed E-state index contributed by atoms with van der Waals surface area (Å²) in [6, 6.07) is 8.42. The van der Waals surface area contributed by atoms with Gasteiger partial charge in [0.15, 0.2) is 0 Å². The fourth-order valence-corrected chi connectivity index (χ4v) is 3.16. The molecule has 1 aromatic rings.